The van der Waals surface area contributed by atoms with E-state index in [1.165, 1.54) is 0 Å². The number of benzene rings is 2. The second-order valence-corrected chi connectivity index (χ2v) is 6.15. The lowest BCUT2D eigenvalue weighted by Crippen LogP contribution is -2.28. The highest BCUT2D eigenvalue weighted by Crippen LogP contribution is 2.36. The smallest absolute Gasteiger partial charge is 0.258 e. The first-order valence-corrected chi connectivity index (χ1v) is 8.70. The monoisotopic (exact) mass is 377 g/mol. The molecule has 0 spiro atoms. The molecule has 0 aromatic heterocycles. The molecule has 0 unspecified atom stereocenters. The third kappa shape index (κ3) is 3.76. The lowest BCUT2D eigenvalue weighted by Gasteiger charge is -2.25. The highest BCUT2D eigenvalue weighted by molar-refractivity contribution is 6.17. The van der Waals surface area contributed by atoms with Gasteiger partial charge in [-0.3, -0.25) is 4.79 Å². The number of rotatable bonds is 3. The summed E-state index contributed by atoms with van der Waals surface area (Å²) in [7, 11) is 0. The summed E-state index contributed by atoms with van der Waals surface area (Å²) < 4.78 is 0. The van der Waals surface area contributed by atoms with Gasteiger partial charge < -0.3 is 10.6 Å². The molecule has 2 N–H and O–H groups in total. The van der Waals surface area contributed by atoms with Crippen molar-refractivity contribution >= 4 is 17.2 Å². The van der Waals surface area contributed by atoms with Crippen molar-refractivity contribution in [2.45, 2.75) is 6.92 Å². The van der Waals surface area contributed by atoms with Crippen molar-refractivity contribution in [3.8, 4) is 18.2 Å². The van der Waals surface area contributed by atoms with Gasteiger partial charge in [-0.1, -0.05) is 48.5 Å². The first-order chi connectivity index (χ1) is 14.1. The van der Waals surface area contributed by atoms with E-state index in [-0.39, 0.29) is 22.4 Å². The Kier molecular flexibility index (Phi) is 5.55. The van der Waals surface area contributed by atoms with Gasteiger partial charge in [0.2, 0.25) is 0 Å². The molecule has 0 saturated heterocycles. The molecule has 3 rings (SSSR count). The maximum absolute atomic E-state index is 13.1. The number of para-hydroxylation sites is 1. The standard InChI is InChI=1S/C23H15N5O/c1-15-20(23(29)28-18-10-6-3-7-11-18)21(16-8-4-2-5-9-16)19(14-26)22(27-15)17(12-24)13-25/h2-11,27H,1H3,(H,28,29). The van der Waals surface area contributed by atoms with Crippen LogP contribution in [0.15, 0.2) is 88.8 Å². The topological polar surface area (TPSA) is 112 Å². The number of dihydropyridines is 1. The Morgan fingerprint density at radius 3 is 2.07 bits per heavy atom. The van der Waals surface area contributed by atoms with E-state index < -0.39 is 5.91 Å². The molecule has 0 fully saturated rings. The van der Waals surface area contributed by atoms with Crippen molar-refractivity contribution in [2.75, 3.05) is 5.32 Å². The predicted molar refractivity (Wildman–Crippen MR) is 108 cm³/mol. The van der Waals surface area contributed by atoms with Gasteiger partial charge in [-0.15, -0.1) is 0 Å². The summed E-state index contributed by atoms with van der Waals surface area (Å²) in [5.74, 6) is -0.401. The summed E-state index contributed by atoms with van der Waals surface area (Å²) in [5.41, 5.74) is 2.27. The van der Waals surface area contributed by atoms with Crippen molar-refractivity contribution < 1.29 is 4.79 Å². The molecular formula is C23H15N5O. The Morgan fingerprint density at radius 1 is 0.931 bits per heavy atom. The van der Waals surface area contributed by atoms with Crippen LogP contribution in [-0.2, 0) is 4.79 Å². The van der Waals surface area contributed by atoms with Crippen molar-refractivity contribution in [3.63, 3.8) is 0 Å². The van der Waals surface area contributed by atoms with E-state index in [9.17, 15) is 20.6 Å². The van der Waals surface area contributed by atoms with Crippen LogP contribution in [-0.4, -0.2) is 5.91 Å². The average Bonchev–Trinajstić information content (AvgIpc) is 2.75. The number of allylic oxidation sites excluding steroid dienone is 3. The van der Waals surface area contributed by atoms with Crippen molar-refractivity contribution in [1.29, 1.82) is 15.8 Å². The summed E-state index contributed by atoms with van der Waals surface area (Å²) in [5, 5.41) is 34.2. The van der Waals surface area contributed by atoms with Crippen LogP contribution in [0, 0.1) is 34.0 Å². The summed E-state index contributed by atoms with van der Waals surface area (Å²) in [4.78, 5) is 13.1. The van der Waals surface area contributed by atoms with Gasteiger partial charge in [0.05, 0.1) is 16.8 Å². The maximum atomic E-state index is 13.1. The molecule has 1 aliphatic heterocycles. The van der Waals surface area contributed by atoms with Crippen molar-refractivity contribution in [3.05, 3.63) is 94.3 Å². The fraction of sp³-hybridized carbons (Fsp3) is 0.0435. The van der Waals surface area contributed by atoms with Crippen LogP contribution in [0.1, 0.15) is 12.5 Å². The van der Waals surface area contributed by atoms with E-state index in [1.807, 2.05) is 24.3 Å². The molecule has 6 nitrogen and oxygen atoms in total. The predicted octanol–water partition coefficient (Wildman–Crippen LogP) is 3.78. The number of nitrogens with one attached hydrogen (secondary N) is 2. The fourth-order valence-electron chi connectivity index (χ4n) is 3.08. The minimum absolute atomic E-state index is 0.0677. The van der Waals surface area contributed by atoms with Gasteiger partial charge in [-0.05, 0) is 24.6 Å². The number of nitrogens with zero attached hydrogens (tertiary/aromatic N) is 3. The number of hydrogen-bond acceptors (Lipinski definition) is 5. The van der Waals surface area contributed by atoms with Gasteiger partial charge in [0.1, 0.15) is 18.2 Å². The molecule has 0 bridgehead atoms. The fourth-order valence-corrected chi connectivity index (χ4v) is 3.08. The average molecular weight is 377 g/mol. The SMILES string of the molecule is CC1=C(C(=O)Nc2ccccc2)C(c2ccccc2)=C(C#N)C(=C(C#N)C#N)N1. The number of nitriles is 3. The molecular weight excluding hydrogens is 362 g/mol. The van der Waals surface area contributed by atoms with E-state index >= 15 is 0 Å². The zero-order valence-corrected chi connectivity index (χ0v) is 15.5. The summed E-state index contributed by atoms with van der Waals surface area (Å²) in [6.07, 6.45) is 0. The van der Waals surface area contributed by atoms with Crippen LogP contribution in [0.5, 0.6) is 0 Å². The van der Waals surface area contributed by atoms with E-state index in [0.717, 1.165) is 0 Å². The van der Waals surface area contributed by atoms with Crippen LogP contribution < -0.4 is 10.6 Å². The second kappa shape index (κ2) is 8.39. The molecule has 0 aliphatic carbocycles. The largest absolute Gasteiger partial charge is 0.356 e. The summed E-state index contributed by atoms with van der Waals surface area (Å²) >= 11 is 0. The van der Waals surface area contributed by atoms with Crippen LogP contribution in [0.3, 0.4) is 0 Å². The Morgan fingerprint density at radius 2 is 1.52 bits per heavy atom. The molecule has 1 amide bonds. The minimum Gasteiger partial charge on any atom is -0.356 e. The van der Waals surface area contributed by atoms with E-state index in [1.54, 1.807) is 55.5 Å². The number of amides is 1. The van der Waals surface area contributed by atoms with Gasteiger partial charge in [-0.2, -0.15) is 15.8 Å². The molecule has 29 heavy (non-hydrogen) atoms. The third-order valence-corrected chi connectivity index (χ3v) is 4.34. The van der Waals surface area contributed by atoms with Crippen molar-refractivity contribution in [1.82, 2.24) is 5.32 Å². The zero-order valence-electron chi connectivity index (χ0n) is 15.5. The molecule has 0 saturated carbocycles. The lowest BCUT2D eigenvalue weighted by atomic mass is 9.86. The maximum Gasteiger partial charge on any atom is 0.258 e. The lowest BCUT2D eigenvalue weighted by molar-refractivity contribution is -0.112. The van der Waals surface area contributed by atoms with Gasteiger partial charge in [0, 0.05) is 17.0 Å². The van der Waals surface area contributed by atoms with E-state index in [4.69, 9.17) is 0 Å². The minimum atomic E-state index is -0.401. The molecule has 138 valence electrons. The van der Waals surface area contributed by atoms with Gasteiger partial charge in [-0.25, -0.2) is 0 Å². The Labute approximate surface area is 168 Å². The van der Waals surface area contributed by atoms with Crippen molar-refractivity contribution in [2.24, 2.45) is 0 Å². The van der Waals surface area contributed by atoms with Gasteiger partial charge in [0.15, 0.2) is 5.57 Å². The molecule has 0 radical (unpaired) electrons. The molecule has 2 aromatic carbocycles. The normalized spacial score (nSPS) is 13.0. The number of carbonyl (C=O) groups excluding carboxylic acids is 1. The first kappa shape index (κ1) is 19.2. The molecule has 6 heteroatoms. The number of anilines is 1. The number of carbonyl (C=O) groups is 1. The zero-order chi connectivity index (χ0) is 20.8. The van der Waals surface area contributed by atoms with Gasteiger partial charge in [0.25, 0.3) is 5.91 Å². The third-order valence-electron chi connectivity index (χ3n) is 4.34. The second-order valence-electron chi connectivity index (χ2n) is 6.15. The Hall–Kier alpha value is -4.60. The Bertz CT molecular complexity index is 1170. The van der Waals surface area contributed by atoms with Crippen LogP contribution in [0.25, 0.3) is 5.57 Å². The Balaban J connectivity index is 2.24. The van der Waals surface area contributed by atoms with Crippen LogP contribution >= 0.6 is 0 Å². The molecule has 1 aliphatic rings. The summed E-state index contributed by atoms with van der Waals surface area (Å²) in [6.45, 7) is 1.67. The van der Waals surface area contributed by atoms with Gasteiger partial charge >= 0.3 is 0 Å². The van der Waals surface area contributed by atoms with Crippen LogP contribution in [0.2, 0.25) is 0 Å². The number of hydrogen-bond donors (Lipinski definition) is 2. The molecule has 0 atom stereocenters. The quantitative estimate of drug-likeness (QED) is 0.791. The van der Waals surface area contributed by atoms with E-state index in [2.05, 4.69) is 16.7 Å². The highest BCUT2D eigenvalue weighted by atomic mass is 16.1. The summed E-state index contributed by atoms with van der Waals surface area (Å²) in [6, 6.07) is 23.6. The van der Waals surface area contributed by atoms with E-state index in [0.29, 0.717) is 22.5 Å². The highest BCUT2D eigenvalue weighted by Gasteiger charge is 2.30. The molecule has 2 aromatic rings. The first-order valence-electron chi connectivity index (χ1n) is 8.70. The molecule has 1 heterocycles. The van der Waals surface area contributed by atoms with Crippen LogP contribution in [0.4, 0.5) is 5.69 Å².